The van der Waals surface area contributed by atoms with Crippen LogP contribution in [0.2, 0.25) is 0 Å². The summed E-state index contributed by atoms with van der Waals surface area (Å²) >= 11 is 0. The molecule has 0 aromatic heterocycles. The Kier molecular flexibility index (Phi) is 12.6. The van der Waals surface area contributed by atoms with Crippen LogP contribution < -0.4 is 23.7 Å². The van der Waals surface area contributed by atoms with Crippen LogP contribution in [-0.4, -0.2) is 18.3 Å². The molecule has 0 spiro atoms. The van der Waals surface area contributed by atoms with Crippen molar-refractivity contribution in [2.45, 2.75) is 92.4 Å². The van der Waals surface area contributed by atoms with Crippen LogP contribution in [0.15, 0.2) is 127 Å². The fourth-order valence-electron chi connectivity index (χ4n) is 7.11. The van der Waals surface area contributed by atoms with Gasteiger partial charge in [0.05, 0.1) is 5.56 Å². The van der Waals surface area contributed by atoms with Crippen LogP contribution in [0.5, 0.6) is 28.7 Å². The van der Waals surface area contributed by atoms with Crippen molar-refractivity contribution >= 4 is 18.3 Å². The van der Waals surface area contributed by atoms with E-state index in [4.69, 9.17) is 23.7 Å². The Balaban J connectivity index is 1.07. The first-order valence-corrected chi connectivity index (χ1v) is 20.3. The zero-order valence-electron chi connectivity index (χ0n) is 36.9. The van der Waals surface area contributed by atoms with Crippen molar-refractivity contribution in [2.75, 3.05) is 0 Å². The number of carbonyl (C=O) groups excluding carboxylic acids is 3. The summed E-state index contributed by atoms with van der Waals surface area (Å²) in [4.78, 5) is 38.4. The van der Waals surface area contributed by atoms with Crippen LogP contribution >= 0.6 is 0 Å². The number of aryl methyl sites for hydroxylation is 4. The Morgan fingerprint density at radius 3 is 1.05 bits per heavy atom. The van der Waals surface area contributed by atoms with Gasteiger partial charge in [-0.25, -0.2) is 14.4 Å². The first-order valence-electron chi connectivity index (χ1n) is 20.3. The first-order chi connectivity index (χ1) is 28.7. The molecular formula is C53H54O8. The van der Waals surface area contributed by atoms with E-state index >= 15 is 0 Å². The fraction of sp³-hybridized carbons (Fsp3) is 0.264. The second-order valence-electron chi connectivity index (χ2n) is 17.6. The number of carbonyl (C=O) groups is 3. The smallest absolute Gasteiger partial charge is 0.423 e. The third kappa shape index (κ3) is 10.2. The Bertz CT molecular complexity index is 2580. The predicted molar refractivity (Wildman–Crippen MR) is 239 cm³/mol. The lowest BCUT2D eigenvalue weighted by Crippen LogP contribution is -2.21. The van der Waals surface area contributed by atoms with Gasteiger partial charge < -0.3 is 23.7 Å². The number of esters is 1. The predicted octanol–water partition coefficient (Wildman–Crippen LogP) is 13.2. The summed E-state index contributed by atoms with van der Waals surface area (Å²) in [5.74, 6) is 1.71. The monoisotopic (exact) mass is 818 g/mol. The van der Waals surface area contributed by atoms with Crippen molar-refractivity contribution in [1.29, 1.82) is 0 Å². The maximum Gasteiger partial charge on any atom is 0.519 e. The van der Waals surface area contributed by atoms with Crippen LogP contribution in [-0.2, 0) is 16.2 Å². The zero-order chi connectivity index (χ0) is 44.3. The largest absolute Gasteiger partial charge is 0.519 e. The molecule has 8 nitrogen and oxygen atoms in total. The molecule has 0 saturated heterocycles. The van der Waals surface area contributed by atoms with Gasteiger partial charge in [0.1, 0.15) is 28.7 Å². The molecule has 61 heavy (non-hydrogen) atoms. The summed E-state index contributed by atoms with van der Waals surface area (Å²) in [6.45, 7) is 22.4. The Morgan fingerprint density at radius 2 is 0.705 bits per heavy atom. The van der Waals surface area contributed by atoms with Crippen LogP contribution in [0, 0.1) is 27.7 Å². The van der Waals surface area contributed by atoms with Gasteiger partial charge in [0.15, 0.2) is 0 Å². The van der Waals surface area contributed by atoms with Crippen LogP contribution in [0.4, 0.5) is 9.59 Å². The van der Waals surface area contributed by atoms with E-state index in [0.29, 0.717) is 34.3 Å². The van der Waals surface area contributed by atoms with Gasteiger partial charge in [-0.3, -0.25) is 0 Å². The highest BCUT2D eigenvalue weighted by Gasteiger charge is 2.27. The first kappa shape index (κ1) is 43.9. The van der Waals surface area contributed by atoms with E-state index in [1.807, 2.05) is 100 Å². The summed E-state index contributed by atoms with van der Waals surface area (Å²) in [5, 5.41) is 0. The minimum absolute atomic E-state index is 0.00953. The van der Waals surface area contributed by atoms with Crippen molar-refractivity contribution in [1.82, 2.24) is 0 Å². The number of ether oxygens (including phenoxy) is 5. The van der Waals surface area contributed by atoms with Gasteiger partial charge in [-0.05, 0) is 132 Å². The van der Waals surface area contributed by atoms with E-state index in [-0.39, 0.29) is 5.41 Å². The van der Waals surface area contributed by atoms with E-state index < -0.39 is 29.1 Å². The van der Waals surface area contributed by atoms with Crippen LogP contribution in [0.25, 0.3) is 0 Å². The van der Waals surface area contributed by atoms with Gasteiger partial charge in [-0.2, -0.15) is 0 Å². The normalized spacial score (nSPS) is 11.7. The minimum atomic E-state index is -0.840. The van der Waals surface area contributed by atoms with Gasteiger partial charge in [-0.1, -0.05) is 127 Å². The van der Waals surface area contributed by atoms with Gasteiger partial charge in [0, 0.05) is 10.8 Å². The van der Waals surface area contributed by atoms with E-state index in [0.717, 1.165) is 50.1 Å². The van der Waals surface area contributed by atoms with E-state index in [2.05, 4.69) is 48.5 Å². The maximum atomic E-state index is 13.1. The third-order valence-corrected chi connectivity index (χ3v) is 11.3. The average Bonchev–Trinajstić information content (AvgIpc) is 3.21. The lowest BCUT2D eigenvalue weighted by atomic mass is 9.77. The summed E-state index contributed by atoms with van der Waals surface area (Å²) < 4.78 is 28.1. The summed E-state index contributed by atoms with van der Waals surface area (Å²) in [6.07, 6.45) is -1.65. The maximum absolute atomic E-state index is 13.1. The topological polar surface area (TPSA) is 97.4 Å². The number of rotatable bonds is 10. The van der Waals surface area contributed by atoms with Gasteiger partial charge in [0.25, 0.3) is 0 Å². The van der Waals surface area contributed by atoms with Crippen molar-refractivity contribution in [2.24, 2.45) is 0 Å². The molecule has 0 radical (unpaired) electrons. The van der Waals surface area contributed by atoms with Gasteiger partial charge in [-0.15, -0.1) is 0 Å². The molecule has 0 saturated carbocycles. The SMILES string of the molecule is Cc1cc(C(C)(C)c2ccc(OC(=O)Oc3ccc(C(C)(C)c4ccc(OC(=O)c5ccccc5)c(C)c4)cc3C)c(C)c2)ccc1OC(=O)Oc1ccc(C(C)(C)C)cc1. The zero-order valence-corrected chi connectivity index (χ0v) is 36.9. The van der Waals surface area contributed by atoms with E-state index in [9.17, 15) is 14.4 Å². The van der Waals surface area contributed by atoms with Crippen LogP contribution in [0.1, 0.15) is 109 Å². The lowest BCUT2D eigenvalue weighted by Gasteiger charge is -2.28. The Morgan fingerprint density at radius 1 is 0.377 bits per heavy atom. The quantitative estimate of drug-likeness (QED) is 0.0766. The molecule has 314 valence electrons. The van der Waals surface area contributed by atoms with Gasteiger partial charge in [0.2, 0.25) is 0 Å². The van der Waals surface area contributed by atoms with Crippen molar-refractivity contribution in [3.05, 3.63) is 183 Å². The summed E-state index contributed by atoms with van der Waals surface area (Å²) in [7, 11) is 0. The molecule has 0 amide bonds. The number of hydrogen-bond donors (Lipinski definition) is 0. The highest BCUT2D eigenvalue weighted by molar-refractivity contribution is 5.91. The van der Waals surface area contributed by atoms with Crippen molar-refractivity contribution < 1.29 is 38.1 Å². The van der Waals surface area contributed by atoms with Crippen molar-refractivity contribution in [3.8, 4) is 28.7 Å². The van der Waals surface area contributed by atoms with Crippen molar-refractivity contribution in [3.63, 3.8) is 0 Å². The minimum Gasteiger partial charge on any atom is -0.423 e. The van der Waals surface area contributed by atoms with E-state index in [1.165, 1.54) is 0 Å². The summed E-state index contributed by atoms with van der Waals surface area (Å²) in [6, 6.07) is 39.3. The lowest BCUT2D eigenvalue weighted by molar-refractivity contribution is 0.0733. The second kappa shape index (κ2) is 17.5. The highest BCUT2D eigenvalue weighted by atomic mass is 16.7. The molecule has 0 bridgehead atoms. The van der Waals surface area contributed by atoms with Crippen LogP contribution in [0.3, 0.4) is 0 Å². The molecule has 0 aliphatic heterocycles. The molecule has 0 atom stereocenters. The molecule has 8 heteroatoms. The number of hydrogen-bond acceptors (Lipinski definition) is 8. The molecular weight excluding hydrogens is 765 g/mol. The second-order valence-corrected chi connectivity index (χ2v) is 17.6. The highest BCUT2D eigenvalue weighted by Crippen LogP contribution is 2.38. The molecule has 6 aromatic rings. The van der Waals surface area contributed by atoms with E-state index in [1.54, 1.807) is 54.6 Å². The molecule has 0 fully saturated rings. The molecule has 0 aliphatic carbocycles. The fourth-order valence-corrected chi connectivity index (χ4v) is 7.11. The molecule has 6 aromatic carbocycles. The summed E-state index contributed by atoms with van der Waals surface area (Å²) in [5.41, 5.74) is 8.00. The molecule has 0 aliphatic rings. The third-order valence-electron chi connectivity index (χ3n) is 11.3. The number of benzene rings is 6. The van der Waals surface area contributed by atoms with Gasteiger partial charge >= 0.3 is 18.3 Å². The molecule has 0 unspecified atom stereocenters. The molecule has 0 N–H and O–H groups in total. The standard InChI is InChI=1S/C53H54O8/c1-33-29-39(19-25-44(33)58-48(54)37-15-13-12-14-16-37)52(8,9)41-21-27-46(35(3)31-41)60-50(56)61-47-28-22-42(32-36(47)4)53(10,11)40-20-26-45(34(2)30-40)59-49(55)57-43-23-17-38(18-24-43)51(5,6)7/h12-32H,1-11H3. The Hall–Kier alpha value is -6.67. The molecule has 6 rings (SSSR count). The Labute approximate surface area is 359 Å². The molecule has 0 heterocycles. The average molecular weight is 819 g/mol.